The second-order valence-corrected chi connectivity index (χ2v) is 3.57. The molecule has 88 valence electrons. The van der Waals surface area contributed by atoms with Gasteiger partial charge in [-0.3, -0.25) is 4.79 Å². The van der Waals surface area contributed by atoms with E-state index in [1.54, 1.807) is 24.4 Å². The van der Waals surface area contributed by atoms with Crippen LogP contribution in [0.5, 0.6) is 0 Å². The van der Waals surface area contributed by atoms with Gasteiger partial charge in [-0.1, -0.05) is 12.1 Å². The molecular weight excluding hydrogens is 223 g/mol. The summed E-state index contributed by atoms with van der Waals surface area (Å²) in [5.41, 5.74) is 0. The maximum atomic E-state index is 13.6. The van der Waals surface area contributed by atoms with Crippen LogP contribution in [-0.4, -0.2) is 22.6 Å². The van der Waals surface area contributed by atoms with Gasteiger partial charge in [-0.2, -0.15) is 0 Å². The largest absolute Gasteiger partial charge is 0.481 e. The fraction of sp³-hybridized carbons (Fsp3) is 0.167. The predicted molar refractivity (Wildman–Crippen MR) is 62.4 cm³/mol. The maximum absolute atomic E-state index is 13.6. The van der Waals surface area contributed by atoms with Crippen molar-refractivity contribution < 1.29 is 14.3 Å². The lowest BCUT2D eigenvalue weighted by molar-refractivity contribution is -0.136. The third-order valence-electron chi connectivity index (χ3n) is 2.37. The van der Waals surface area contributed by atoms with E-state index in [0.29, 0.717) is 11.2 Å². The van der Waals surface area contributed by atoms with Gasteiger partial charge in [0.1, 0.15) is 11.6 Å². The Hall–Kier alpha value is -2.17. The topological polar surface area (TPSA) is 62.2 Å². The smallest absolute Gasteiger partial charge is 0.305 e. The van der Waals surface area contributed by atoms with Crippen molar-refractivity contribution in [1.82, 2.24) is 4.98 Å². The highest BCUT2D eigenvalue weighted by Crippen LogP contribution is 2.23. The van der Waals surface area contributed by atoms with E-state index in [9.17, 15) is 9.18 Å². The van der Waals surface area contributed by atoms with E-state index in [0.717, 1.165) is 5.39 Å². The summed E-state index contributed by atoms with van der Waals surface area (Å²) in [5.74, 6) is -0.895. The Bertz CT molecular complexity index is 552. The van der Waals surface area contributed by atoms with Gasteiger partial charge in [0, 0.05) is 12.7 Å². The van der Waals surface area contributed by atoms with Gasteiger partial charge in [0.25, 0.3) is 0 Å². The molecule has 2 rings (SSSR count). The summed E-state index contributed by atoms with van der Waals surface area (Å²) < 4.78 is 13.6. The van der Waals surface area contributed by atoms with Crippen LogP contribution in [0.2, 0.25) is 0 Å². The fourth-order valence-electron chi connectivity index (χ4n) is 1.61. The molecule has 2 aromatic rings. The molecule has 0 fully saturated rings. The van der Waals surface area contributed by atoms with Gasteiger partial charge in [-0.25, -0.2) is 9.37 Å². The summed E-state index contributed by atoms with van der Waals surface area (Å²) in [6.45, 7) is 0.218. The number of carboxylic acid groups (broad SMARTS) is 1. The number of hydrogen-bond donors (Lipinski definition) is 2. The molecule has 2 N–H and O–H groups in total. The zero-order valence-corrected chi connectivity index (χ0v) is 8.98. The molecule has 0 spiro atoms. The van der Waals surface area contributed by atoms with Crippen LogP contribution in [0, 0.1) is 5.82 Å². The van der Waals surface area contributed by atoms with Crippen molar-refractivity contribution in [2.24, 2.45) is 0 Å². The number of aromatic nitrogens is 1. The summed E-state index contributed by atoms with van der Waals surface area (Å²) in [4.78, 5) is 14.4. The second-order valence-electron chi connectivity index (χ2n) is 3.57. The van der Waals surface area contributed by atoms with E-state index in [-0.39, 0.29) is 18.8 Å². The number of nitrogens with zero attached hydrogens (tertiary/aromatic N) is 1. The molecule has 0 unspecified atom stereocenters. The number of pyridine rings is 1. The van der Waals surface area contributed by atoms with Gasteiger partial charge in [-0.05, 0) is 17.5 Å². The minimum atomic E-state index is -0.904. The van der Waals surface area contributed by atoms with Crippen LogP contribution in [0.4, 0.5) is 10.2 Å². The molecule has 1 aromatic carbocycles. The number of carboxylic acids is 1. The summed E-state index contributed by atoms with van der Waals surface area (Å²) >= 11 is 0. The predicted octanol–water partition coefficient (Wildman–Crippen LogP) is 2.26. The van der Waals surface area contributed by atoms with Crippen molar-refractivity contribution in [2.45, 2.75) is 6.42 Å². The highest BCUT2D eigenvalue weighted by Gasteiger charge is 2.07. The molecule has 1 aromatic heterocycles. The van der Waals surface area contributed by atoms with E-state index >= 15 is 0 Å². The number of fused-ring (bicyclic) bond motifs is 1. The van der Waals surface area contributed by atoms with Crippen LogP contribution >= 0.6 is 0 Å². The lowest BCUT2D eigenvalue weighted by atomic mass is 10.1. The molecule has 0 amide bonds. The third kappa shape index (κ3) is 2.50. The molecule has 4 nitrogen and oxygen atoms in total. The van der Waals surface area contributed by atoms with E-state index < -0.39 is 5.97 Å². The number of halogens is 1. The van der Waals surface area contributed by atoms with Crippen LogP contribution in [0.1, 0.15) is 6.42 Å². The number of anilines is 1. The lowest BCUT2D eigenvalue weighted by Gasteiger charge is -2.08. The molecule has 0 saturated carbocycles. The Labute approximate surface area is 97.1 Å². The van der Waals surface area contributed by atoms with E-state index in [1.807, 2.05) is 0 Å². The first-order valence-electron chi connectivity index (χ1n) is 5.17. The molecule has 0 aliphatic rings. The second kappa shape index (κ2) is 4.78. The molecule has 0 atom stereocenters. The van der Waals surface area contributed by atoms with Crippen molar-refractivity contribution in [3.8, 4) is 0 Å². The van der Waals surface area contributed by atoms with Gasteiger partial charge in [0.2, 0.25) is 0 Å². The van der Waals surface area contributed by atoms with E-state index in [4.69, 9.17) is 5.11 Å². The first-order chi connectivity index (χ1) is 8.18. The average molecular weight is 234 g/mol. The average Bonchev–Trinajstić information content (AvgIpc) is 2.29. The third-order valence-corrected chi connectivity index (χ3v) is 2.37. The molecule has 17 heavy (non-hydrogen) atoms. The monoisotopic (exact) mass is 234 g/mol. The van der Waals surface area contributed by atoms with Gasteiger partial charge >= 0.3 is 5.97 Å². The SMILES string of the molecule is O=C(O)CCNc1nccc2cccc(F)c12. The van der Waals surface area contributed by atoms with Gasteiger partial charge in [-0.15, -0.1) is 0 Å². The first-order valence-corrected chi connectivity index (χ1v) is 5.17. The van der Waals surface area contributed by atoms with Crippen LogP contribution in [-0.2, 0) is 4.79 Å². The van der Waals surface area contributed by atoms with Crippen molar-refractivity contribution >= 4 is 22.6 Å². The summed E-state index contributed by atoms with van der Waals surface area (Å²) in [7, 11) is 0. The molecule has 0 bridgehead atoms. The number of hydrogen-bond acceptors (Lipinski definition) is 3. The van der Waals surface area contributed by atoms with Gasteiger partial charge in [0.05, 0.1) is 11.8 Å². The minimum absolute atomic E-state index is 0.0352. The van der Waals surface area contributed by atoms with E-state index in [2.05, 4.69) is 10.3 Å². The van der Waals surface area contributed by atoms with Crippen molar-refractivity contribution in [3.05, 3.63) is 36.3 Å². The number of carbonyl (C=O) groups is 1. The molecular formula is C12H11FN2O2. The highest BCUT2D eigenvalue weighted by atomic mass is 19.1. The zero-order valence-electron chi connectivity index (χ0n) is 8.98. The Morgan fingerprint density at radius 1 is 1.41 bits per heavy atom. The number of benzene rings is 1. The zero-order chi connectivity index (χ0) is 12.3. The quantitative estimate of drug-likeness (QED) is 0.851. The van der Waals surface area contributed by atoms with Crippen molar-refractivity contribution in [2.75, 3.05) is 11.9 Å². The molecule has 5 heteroatoms. The lowest BCUT2D eigenvalue weighted by Crippen LogP contribution is -2.09. The Kier molecular flexibility index (Phi) is 3.18. The minimum Gasteiger partial charge on any atom is -0.481 e. The molecule has 0 aliphatic heterocycles. The number of nitrogens with one attached hydrogen (secondary N) is 1. The normalized spacial score (nSPS) is 10.4. The summed E-state index contributed by atoms with van der Waals surface area (Å²) in [5, 5.41) is 12.5. The maximum Gasteiger partial charge on any atom is 0.305 e. The van der Waals surface area contributed by atoms with Crippen LogP contribution in [0.25, 0.3) is 10.8 Å². The fourth-order valence-corrected chi connectivity index (χ4v) is 1.61. The van der Waals surface area contributed by atoms with Crippen LogP contribution in [0.3, 0.4) is 0 Å². The standard InChI is InChI=1S/C12H11FN2O2/c13-9-3-1-2-8-4-6-14-12(11(8)9)15-7-5-10(16)17/h1-4,6H,5,7H2,(H,14,15)(H,16,17). The van der Waals surface area contributed by atoms with Gasteiger partial charge in [0.15, 0.2) is 0 Å². The summed E-state index contributed by atoms with van der Waals surface area (Å²) in [6, 6.07) is 6.47. The van der Waals surface area contributed by atoms with Crippen molar-refractivity contribution in [3.63, 3.8) is 0 Å². The highest BCUT2D eigenvalue weighted by molar-refractivity contribution is 5.92. The Morgan fingerprint density at radius 2 is 2.24 bits per heavy atom. The van der Waals surface area contributed by atoms with Crippen LogP contribution in [0.15, 0.2) is 30.5 Å². The molecule has 0 aliphatic carbocycles. The molecule has 1 heterocycles. The Morgan fingerprint density at radius 3 is 3.00 bits per heavy atom. The number of rotatable bonds is 4. The summed E-state index contributed by atoms with van der Waals surface area (Å²) in [6.07, 6.45) is 1.53. The van der Waals surface area contributed by atoms with Crippen molar-refractivity contribution in [1.29, 1.82) is 0 Å². The molecule has 0 saturated heterocycles. The van der Waals surface area contributed by atoms with Gasteiger partial charge < -0.3 is 10.4 Å². The first kappa shape index (κ1) is 11.3. The number of aliphatic carboxylic acids is 1. The Balaban J connectivity index is 2.30. The molecule has 0 radical (unpaired) electrons. The van der Waals surface area contributed by atoms with E-state index in [1.165, 1.54) is 6.07 Å². The van der Waals surface area contributed by atoms with Crippen LogP contribution < -0.4 is 5.32 Å².